The van der Waals surface area contributed by atoms with Crippen LogP contribution in [0.15, 0.2) is 0 Å². The van der Waals surface area contributed by atoms with E-state index in [0.717, 1.165) is 12.8 Å². The summed E-state index contributed by atoms with van der Waals surface area (Å²) >= 11 is 0. The fraction of sp³-hybridized carbons (Fsp3) is 0.778. The zero-order chi connectivity index (χ0) is 9.42. The maximum absolute atomic E-state index is 11.4. The van der Waals surface area contributed by atoms with Crippen molar-refractivity contribution in [3.8, 4) is 0 Å². The molecule has 0 aromatic rings. The third kappa shape index (κ3) is 1.41. The monoisotopic (exact) mass is 183 g/mol. The van der Waals surface area contributed by atoms with Crippen LogP contribution in [-0.4, -0.2) is 35.0 Å². The van der Waals surface area contributed by atoms with E-state index in [2.05, 4.69) is 0 Å². The van der Waals surface area contributed by atoms with Crippen molar-refractivity contribution in [3.05, 3.63) is 0 Å². The number of piperidine rings is 1. The minimum Gasteiger partial charge on any atom is -0.465 e. The van der Waals surface area contributed by atoms with E-state index in [0.29, 0.717) is 25.4 Å². The Balaban J connectivity index is 2.05. The topological polar surface area (TPSA) is 57.6 Å². The molecule has 0 radical (unpaired) electrons. The molecule has 1 saturated carbocycles. The van der Waals surface area contributed by atoms with E-state index in [1.54, 1.807) is 0 Å². The number of nitrogens with zero attached hydrogens (tertiary/aromatic N) is 1. The van der Waals surface area contributed by atoms with Gasteiger partial charge in [0.05, 0.1) is 0 Å². The van der Waals surface area contributed by atoms with Gasteiger partial charge in [-0.15, -0.1) is 0 Å². The number of carbonyl (C=O) groups excluding carboxylic acids is 1. The maximum Gasteiger partial charge on any atom is 0.407 e. The van der Waals surface area contributed by atoms with Gasteiger partial charge in [0.2, 0.25) is 0 Å². The largest absolute Gasteiger partial charge is 0.465 e. The molecule has 1 aliphatic carbocycles. The molecule has 1 aliphatic heterocycles. The number of fused-ring (bicyclic) bond motifs is 1. The van der Waals surface area contributed by atoms with Gasteiger partial charge >= 0.3 is 6.09 Å². The first-order valence-electron chi connectivity index (χ1n) is 4.69. The number of Topliss-reactive ketones (excluding diaryl/α,β-unsaturated/α-hetero) is 1. The van der Waals surface area contributed by atoms with Crippen LogP contribution in [0.3, 0.4) is 0 Å². The quantitative estimate of drug-likeness (QED) is 0.608. The average Bonchev–Trinajstić information content (AvgIpc) is 2.47. The first-order chi connectivity index (χ1) is 6.18. The molecule has 0 unspecified atom stereocenters. The lowest BCUT2D eigenvalue weighted by molar-refractivity contribution is -0.122. The molecular formula is C9H13NO3. The summed E-state index contributed by atoms with van der Waals surface area (Å²) < 4.78 is 0. The second-order valence-corrected chi connectivity index (χ2v) is 3.89. The smallest absolute Gasteiger partial charge is 0.407 e. The number of likely N-dealkylation sites (tertiary alicyclic amines) is 1. The molecule has 4 heteroatoms. The van der Waals surface area contributed by atoms with Crippen LogP contribution in [0.25, 0.3) is 0 Å². The van der Waals surface area contributed by atoms with Gasteiger partial charge in [0.1, 0.15) is 5.78 Å². The van der Waals surface area contributed by atoms with Crippen LogP contribution >= 0.6 is 0 Å². The minimum absolute atomic E-state index is 0.00449. The lowest BCUT2D eigenvalue weighted by Crippen LogP contribution is -2.43. The highest BCUT2D eigenvalue weighted by Gasteiger charge is 2.39. The number of carboxylic acid groups (broad SMARTS) is 1. The summed E-state index contributed by atoms with van der Waals surface area (Å²) in [4.78, 5) is 23.4. The molecular weight excluding hydrogens is 170 g/mol. The van der Waals surface area contributed by atoms with Crippen molar-refractivity contribution < 1.29 is 14.7 Å². The predicted molar refractivity (Wildman–Crippen MR) is 45.4 cm³/mol. The number of carbonyl (C=O) groups is 2. The molecule has 2 fully saturated rings. The summed E-state index contributed by atoms with van der Waals surface area (Å²) in [5.41, 5.74) is 0. The van der Waals surface area contributed by atoms with Crippen LogP contribution in [0.1, 0.15) is 19.3 Å². The lowest BCUT2D eigenvalue weighted by atomic mass is 9.88. The van der Waals surface area contributed by atoms with Gasteiger partial charge in [-0.25, -0.2) is 4.79 Å². The van der Waals surface area contributed by atoms with E-state index >= 15 is 0 Å². The van der Waals surface area contributed by atoms with Crippen LogP contribution in [0.5, 0.6) is 0 Å². The molecule has 2 aliphatic rings. The van der Waals surface area contributed by atoms with E-state index in [9.17, 15) is 9.59 Å². The molecule has 13 heavy (non-hydrogen) atoms. The number of rotatable bonds is 0. The third-order valence-corrected chi connectivity index (χ3v) is 3.20. The van der Waals surface area contributed by atoms with Crippen LogP contribution in [0.2, 0.25) is 0 Å². The number of amides is 1. The van der Waals surface area contributed by atoms with Gasteiger partial charge in [-0.05, 0) is 18.8 Å². The Kier molecular flexibility index (Phi) is 1.98. The van der Waals surface area contributed by atoms with Crippen molar-refractivity contribution in [2.45, 2.75) is 19.3 Å². The van der Waals surface area contributed by atoms with Gasteiger partial charge in [-0.3, -0.25) is 4.79 Å². The maximum atomic E-state index is 11.4. The molecule has 2 rings (SSSR count). The molecule has 4 nitrogen and oxygen atoms in total. The van der Waals surface area contributed by atoms with Crippen molar-refractivity contribution >= 4 is 11.9 Å². The van der Waals surface area contributed by atoms with E-state index in [1.807, 2.05) is 0 Å². The van der Waals surface area contributed by atoms with Crippen LogP contribution in [0.4, 0.5) is 4.79 Å². The number of hydrogen-bond acceptors (Lipinski definition) is 2. The number of hydrogen-bond donors (Lipinski definition) is 1. The van der Waals surface area contributed by atoms with Crippen molar-refractivity contribution in [3.63, 3.8) is 0 Å². The Morgan fingerprint density at radius 2 is 2.23 bits per heavy atom. The fourth-order valence-electron chi connectivity index (χ4n) is 2.40. The molecule has 72 valence electrons. The molecule has 1 heterocycles. The summed E-state index contributed by atoms with van der Waals surface area (Å²) in [6.07, 6.45) is 1.60. The van der Waals surface area contributed by atoms with Crippen LogP contribution in [0, 0.1) is 11.8 Å². The minimum atomic E-state index is -0.891. The number of ketones is 1. The summed E-state index contributed by atoms with van der Waals surface area (Å²) in [5, 5.41) is 8.76. The van der Waals surface area contributed by atoms with Gasteiger partial charge in [0, 0.05) is 25.4 Å². The van der Waals surface area contributed by atoms with Crippen LogP contribution < -0.4 is 0 Å². The lowest BCUT2D eigenvalue weighted by Gasteiger charge is -2.32. The Morgan fingerprint density at radius 3 is 2.92 bits per heavy atom. The highest BCUT2D eigenvalue weighted by molar-refractivity contribution is 5.84. The summed E-state index contributed by atoms with van der Waals surface area (Å²) in [5.74, 6) is 0.726. The molecule has 1 amide bonds. The zero-order valence-electron chi connectivity index (χ0n) is 7.40. The standard InChI is InChI=1S/C9H13NO3/c11-8-2-1-6-3-4-10(9(12)13)5-7(6)8/h6-7H,1-5H2,(H,12,13)/t6-,7-/m0/s1. The molecule has 0 spiro atoms. The average molecular weight is 183 g/mol. The van der Waals surface area contributed by atoms with E-state index in [1.165, 1.54) is 4.90 Å². The molecule has 2 atom stereocenters. The summed E-state index contributed by atoms with van der Waals surface area (Å²) in [6.45, 7) is 1.03. The summed E-state index contributed by atoms with van der Waals surface area (Å²) in [7, 11) is 0. The molecule has 0 bridgehead atoms. The Hall–Kier alpha value is -1.06. The molecule has 1 saturated heterocycles. The third-order valence-electron chi connectivity index (χ3n) is 3.20. The molecule has 0 aromatic heterocycles. The van der Waals surface area contributed by atoms with Crippen molar-refractivity contribution in [2.24, 2.45) is 11.8 Å². The van der Waals surface area contributed by atoms with Gasteiger partial charge in [-0.1, -0.05) is 0 Å². The Labute approximate surface area is 76.5 Å². The van der Waals surface area contributed by atoms with E-state index in [-0.39, 0.29) is 11.7 Å². The highest BCUT2D eigenvalue weighted by atomic mass is 16.4. The van der Waals surface area contributed by atoms with Gasteiger partial charge in [0.15, 0.2) is 0 Å². The van der Waals surface area contributed by atoms with Crippen molar-refractivity contribution in [2.75, 3.05) is 13.1 Å². The van der Waals surface area contributed by atoms with Crippen molar-refractivity contribution in [1.82, 2.24) is 4.90 Å². The van der Waals surface area contributed by atoms with Gasteiger partial charge in [-0.2, -0.15) is 0 Å². The first-order valence-corrected chi connectivity index (χ1v) is 4.69. The molecule has 1 N–H and O–H groups in total. The fourth-order valence-corrected chi connectivity index (χ4v) is 2.40. The predicted octanol–water partition coefficient (Wildman–Crippen LogP) is 0.965. The van der Waals surface area contributed by atoms with Gasteiger partial charge in [0.25, 0.3) is 0 Å². The first kappa shape index (κ1) is 8.53. The van der Waals surface area contributed by atoms with Crippen molar-refractivity contribution in [1.29, 1.82) is 0 Å². The SMILES string of the molecule is O=C1CC[C@H]2CCN(C(=O)O)C[C@H]12. The Bertz CT molecular complexity index is 251. The van der Waals surface area contributed by atoms with Crippen LogP contribution in [-0.2, 0) is 4.79 Å². The highest BCUT2D eigenvalue weighted by Crippen LogP contribution is 2.35. The van der Waals surface area contributed by atoms with E-state index < -0.39 is 6.09 Å². The molecule has 0 aromatic carbocycles. The normalized spacial score (nSPS) is 33.2. The second-order valence-electron chi connectivity index (χ2n) is 3.89. The summed E-state index contributed by atoms with van der Waals surface area (Å²) in [6, 6.07) is 0. The van der Waals surface area contributed by atoms with Gasteiger partial charge < -0.3 is 10.0 Å². The van der Waals surface area contributed by atoms with E-state index in [4.69, 9.17) is 5.11 Å². The zero-order valence-corrected chi connectivity index (χ0v) is 7.40. The second kappa shape index (κ2) is 3.01. The Morgan fingerprint density at radius 1 is 1.46 bits per heavy atom.